The quantitative estimate of drug-likeness (QED) is 0.485. The Labute approximate surface area is 147 Å². The van der Waals surface area contributed by atoms with Crippen LogP contribution in [0.1, 0.15) is 5.89 Å². The van der Waals surface area contributed by atoms with Crippen LogP contribution in [0.2, 0.25) is 5.02 Å². The van der Waals surface area contributed by atoms with Crippen molar-refractivity contribution in [2.24, 2.45) is 0 Å². The van der Waals surface area contributed by atoms with Gasteiger partial charge < -0.3 is 14.0 Å². The molecule has 128 valence electrons. The third-order valence-corrected chi connectivity index (χ3v) is 3.62. The Hall–Kier alpha value is -3.13. The van der Waals surface area contributed by atoms with Gasteiger partial charge in [-0.2, -0.15) is 4.98 Å². The number of methoxy groups -OCH3 is 1. The van der Waals surface area contributed by atoms with E-state index in [0.717, 1.165) is 0 Å². The molecule has 0 bridgehead atoms. The van der Waals surface area contributed by atoms with Crippen molar-refractivity contribution in [2.75, 3.05) is 7.11 Å². The van der Waals surface area contributed by atoms with E-state index in [0.29, 0.717) is 22.2 Å². The van der Waals surface area contributed by atoms with Crippen LogP contribution in [0.15, 0.2) is 47.0 Å². The minimum absolute atomic E-state index is 0.0744. The fourth-order valence-electron chi connectivity index (χ4n) is 2.10. The molecule has 0 N–H and O–H groups in total. The topological polar surface area (TPSA) is 101 Å². The highest BCUT2D eigenvalue weighted by atomic mass is 35.5. The van der Waals surface area contributed by atoms with Gasteiger partial charge in [0, 0.05) is 11.6 Å². The molecule has 0 fully saturated rings. The van der Waals surface area contributed by atoms with Gasteiger partial charge in [-0.25, -0.2) is 0 Å². The van der Waals surface area contributed by atoms with Gasteiger partial charge >= 0.3 is 0 Å². The summed E-state index contributed by atoms with van der Waals surface area (Å²) in [7, 11) is 1.44. The second-order valence-corrected chi connectivity index (χ2v) is 5.28. The molecule has 1 heterocycles. The van der Waals surface area contributed by atoms with E-state index >= 15 is 0 Å². The Balaban J connectivity index is 1.78. The highest BCUT2D eigenvalue weighted by Gasteiger charge is 2.15. The maximum atomic E-state index is 10.9. The third kappa shape index (κ3) is 3.69. The molecule has 0 aliphatic rings. The molecular formula is C16H12ClN3O5. The van der Waals surface area contributed by atoms with Crippen molar-refractivity contribution >= 4 is 17.3 Å². The van der Waals surface area contributed by atoms with Gasteiger partial charge in [0.15, 0.2) is 18.1 Å². The normalized spacial score (nSPS) is 10.5. The molecule has 9 heteroatoms. The molecule has 8 nitrogen and oxygen atoms in total. The number of aromatic nitrogens is 2. The second kappa shape index (κ2) is 7.18. The summed E-state index contributed by atoms with van der Waals surface area (Å²) in [6, 6.07) is 11.1. The molecule has 0 spiro atoms. The molecule has 0 unspecified atom stereocenters. The summed E-state index contributed by atoms with van der Waals surface area (Å²) in [5.41, 5.74) is 0.519. The van der Waals surface area contributed by atoms with Crippen molar-refractivity contribution in [3.05, 3.63) is 63.5 Å². The summed E-state index contributed by atoms with van der Waals surface area (Å²) in [4.78, 5) is 14.6. The summed E-state index contributed by atoms with van der Waals surface area (Å²) < 4.78 is 15.8. The van der Waals surface area contributed by atoms with E-state index in [4.69, 9.17) is 25.6 Å². The second-order valence-electron chi connectivity index (χ2n) is 4.87. The predicted molar refractivity (Wildman–Crippen MR) is 88.7 cm³/mol. The van der Waals surface area contributed by atoms with Crippen LogP contribution in [-0.2, 0) is 6.61 Å². The van der Waals surface area contributed by atoms with E-state index in [1.165, 1.54) is 25.3 Å². The van der Waals surface area contributed by atoms with Crippen LogP contribution in [0.4, 0.5) is 5.69 Å². The van der Waals surface area contributed by atoms with Crippen molar-refractivity contribution in [3.8, 4) is 22.9 Å². The van der Waals surface area contributed by atoms with Crippen LogP contribution in [0, 0.1) is 10.1 Å². The molecule has 0 amide bonds. The van der Waals surface area contributed by atoms with E-state index < -0.39 is 4.92 Å². The maximum absolute atomic E-state index is 10.9. The van der Waals surface area contributed by atoms with Crippen LogP contribution in [0.3, 0.4) is 0 Å². The van der Waals surface area contributed by atoms with Gasteiger partial charge in [-0.1, -0.05) is 28.9 Å². The molecular weight excluding hydrogens is 350 g/mol. The number of nitro benzene ring substituents is 1. The predicted octanol–water partition coefficient (Wildman–Crippen LogP) is 3.89. The van der Waals surface area contributed by atoms with Crippen LogP contribution in [0.5, 0.6) is 11.5 Å². The molecule has 3 rings (SSSR count). The molecule has 0 radical (unpaired) electrons. The van der Waals surface area contributed by atoms with Crippen LogP contribution >= 0.6 is 11.6 Å². The molecule has 0 atom stereocenters. The number of nitrogens with zero attached hydrogens (tertiary/aromatic N) is 3. The average Bonchev–Trinajstić information content (AvgIpc) is 3.08. The lowest BCUT2D eigenvalue weighted by molar-refractivity contribution is -0.385. The molecule has 2 aromatic carbocycles. The first-order chi connectivity index (χ1) is 12.1. The first-order valence-electron chi connectivity index (χ1n) is 7.11. The van der Waals surface area contributed by atoms with Gasteiger partial charge in [-0.15, -0.1) is 0 Å². The van der Waals surface area contributed by atoms with Crippen LogP contribution < -0.4 is 9.47 Å². The fraction of sp³-hybridized carbons (Fsp3) is 0.125. The lowest BCUT2D eigenvalue weighted by Crippen LogP contribution is -1.99. The number of hydrogen-bond donors (Lipinski definition) is 0. The van der Waals surface area contributed by atoms with Crippen molar-refractivity contribution in [3.63, 3.8) is 0 Å². The molecule has 1 aromatic heterocycles. The zero-order valence-corrected chi connectivity index (χ0v) is 13.8. The molecule has 0 aliphatic carbocycles. The first kappa shape index (κ1) is 16.7. The Kier molecular flexibility index (Phi) is 4.80. The van der Waals surface area contributed by atoms with E-state index in [1.807, 2.05) is 6.07 Å². The number of rotatable bonds is 6. The Bertz CT molecular complexity index is 912. The van der Waals surface area contributed by atoms with E-state index in [-0.39, 0.29) is 23.9 Å². The van der Waals surface area contributed by atoms with Gasteiger partial charge in [0.2, 0.25) is 5.82 Å². The van der Waals surface area contributed by atoms with Gasteiger partial charge in [0.25, 0.3) is 11.6 Å². The van der Waals surface area contributed by atoms with Gasteiger partial charge in [0.05, 0.1) is 23.1 Å². The van der Waals surface area contributed by atoms with Crippen molar-refractivity contribution < 1.29 is 18.9 Å². The Morgan fingerprint density at radius 3 is 2.76 bits per heavy atom. The van der Waals surface area contributed by atoms with Crippen LogP contribution in [-0.4, -0.2) is 22.2 Å². The summed E-state index contributed by atoms with van der Waals surface area (Å²) in [6.07, 6.45) is 0. The van der Waals surface area contributed by atoms with Crippen molar-refractivity contribution in [1.82, 2.24) is 10.1 Å². The molecule has 3 aromatic rings. The Morgan fingerprint density at radius 2 is 2.04 bits per heavy atom. The zero-order chi connectivity index (χ0) is 17.8. The van der Waals surface area contributed by atoms with Gasteiger partial charge in [-0.05, 0) is 18.2 Å². The minimum atomic E-state index is -0.519. The standard InChI is InChI=1S/C16H12ClN3O5/c1-23-13-7-6-10(20(21)22)8-14(13)24-9-15-18-16(19-25-15)11-4-2-3-5-12(11)17/h2-8H,9H2,1H3. The van der Waals surface area contributed by atoms with Crippen molar-refractivity contribution in [2.45, 2.75) is 6.61 Å². The zero-order valence-electron chi connectivity index (χ0n) is 13.0. The average molecular weight is 362 g/mol. The first-order valence-corrected chi connectivity index (χ1v) is 7.49. The molecule has 25 heavy (non-hydrogen) atoms. The largest absolute Gasteiger partial charge is 0.493 e. The number of halogens is 1. The van der Waals surface area contributed by atoms with Gasteiger partial charge in [0.1, 0.15) is 0 Å². The van der Waals surface area contributed by atoms with E-state index in [9.17, 15) is 10.1 Å². The number of nitro groups is 1. The smallest absolute Gasteiger partial charge is 0.273 e. The molecule has 0 aliphatic heterocycles. The summed E-state index contributed by atoms with van der Waals surface area (Å²) in [5.74, 6) is 1.09. The maximum Gasteiger partial charge on any atom is 0.273 e. The lowest BCUT2D eigenvalue weighted by atomic mass is 10.2. The number of ether oxygens (including phenoxy) is 2. The summed E-state index contributed by atoms with van der Waals surface area (Å²) in [6.45, 7) is -0.0744. The molecule has 0 saturated carbocycles. The van der Waals surface area contributed by atoms with Crippen molar-refractivity contribution in [1.29, 1.82) is 0 Å². The number of benzene rings is 2. The van der Waals surface area contributed by atoms with Crippen LogP contribution in [0.25, 0.3) is 11.4 Å². The summed E-state index contributed by atoms with van der Waals surface area (Å²) >= 11 is 6.09. The fourth-order valence-corrected chi connectivity index (χ4v) is 2.32. The highest BCUT2D eigenvalue weighted by molar-refractivity contribution is 6.33. The molecule has 0 saturated heterocycles. The number of hydrogen-bond acceptors (Lipinski definition) is 7. The summed E-state index contributed by atoms with van der Waals surface area (Å²) in [5, 5.41) is 15.2. The van der Waals surface area contributed by atoms with Gasteiger partial charge in [-0.3, -0.25) is 10.1 Å². The minimum Gasteiger partial charge on any atom is -0.493 e. The highest BCUT2D eigenvalue weighted by Crippen LogP contribution is 2.32. The lowest BCUT2D eigenvalue weighted by Gasteiger charge is -2.08. The Morgan fingerprint density at radius 1 is 1.24 bits per heavy atom. The monoisotopic (exact) mass is 361 g/mol. The van der Waals surface area contributed by atoms with E-state index in [1.54, 1.807) is 18.2 Å². The van der Waals surface area contributed by atoms with E-state index in [2.05, 4.69) is 10.1 Å². The third-order valence-electron chi connectivity index (χ3n) is 3.29. The number of non-ortho nitro benzene ring substituents is 1. The SMILES string of the molecule is COc1ccc([N+](=O)[O-])cc1OCc1nc(-c2ccccc2Cl)no1.